The summed E-state index contributed by atoms with van der Waals surface area (Å²) in [6, 6.07) is 0.495. The second kappa shape index (κ2) is 8.89. The van der Waals surface area contributed by atoms with E-state index in [2.05, 4.69) is 12.2 Å². The van der Waals surface area contributed by atoms with Gasteiger partial charge in [0, 0.05) is 25.6 Å². The highest BCUT2D eigenvalue weighted by Gasteiger charge is 2.27. The molecule has 0 spiro atoms. The summed E-state index contributed by atoms with van der Waals surface area (Å²) in [6.45, 7) is 4.14. The predicted octanol–water partition coefficient (Wildman–Crippen LogP) is 3.23. The monoisotopic (exact) mass is 302 g/mol. The minimum absolute atomic E-state index is 0. The van der Waals surface area contributed by atoms with E-state index in [0.717, 1.165) is 31.8 Å². The lowest BCUT2D eigenvalue weighted by Crippen LogP contribution is -2.43. The Balaban J connectivity index is 0.00000200. The van der Waals surface area contributed by atoms with Crippen LogP contribution in [0.3, 0.4) is 0 Å². The van der Waals surface area contributed by atoms with Crippen molar-refractivity contribution in [3.63, 3.8) is 0 Å². The van der Waals surface area contributed by atoms with Gasteiger partial charge >= 0.3 is 0 Å². The Morgan fingerprint density at radius 2 is 1.90 bits per heavy atom. The van der Waals surface area contributed by atoms with Crippen LogP contribution in [-0.4, -0.2) is 37.0 Å². The van der Waals surface area contributed by atoms with E-state index < -0.39 is 0 Å². The zero-order chi connectivity index (χ0) is 13.7. The first-order valence-electron chi connectivity index (χ1n) is 8.15. The third-order valence-electron chi connectivity index (χ3n) is 4.95. The summed E-state index contributed by atoms with van der Waals surface area (Å²) in [5.41, 5.74) is 0. The first-order valence-corrected chi connectivity index (χ1v) is 8.15. The number of carbonyl (C=O) groups excluding carboxylic acids is 1. The number of piperidine rings is 1. The second-order valence-electron chi connectivity index (χ2n) is 6.63. The Morgan fingerprint density at radius 3 is 2.55 bits per heavy atom. The SMILES string of the molecule is C[C@H]1C[C@@H](C(=O)N(C)CCC2CCCCC2)CCN1.Cl. The Bertz CT molecular complexity index is 292. The second-order valence-corrected chi connectivity index (χ2v) is 6.63. The summed E-state index contributed by atoms with van der Waals surface area (Å²) in [4.78, 5) is 14.4. The van der Waals surface area contributed by atoms with Crippen molar-refractivity contribution in [3.05, 3.63) is 0 Å². The lowest BCUT2D eigenvalue weighted by atomic mass is 9.86. The van der Waals surface area contributed by atoms with E-state index in [-0.39, 0.29) is 18.3 Å². The number of nitrogens with zero attached hydrogens (tertiary/aromatic N) is 1. The van der Waals surface area contributed by atoms with Crippen LogP contribution in [0.1, 0.15) is 58.3 Å². The summed E-state index contributed by atoms with van der Waals surface area (Å²) in [5, 5.41) is 3.42. The number of amides is 1. The van der Waals surface area contributed by atoms with Gasteiger partial charge in [-0.2, -0.15) is 0 Å². The average Bonchev–Trinajstić information content (AvgIpc) is 2.45. The molecule has 4 heteroatoms. The van der Waals surface area contributed by atoms with E-state index in [1.54, 1.807) is 0 Å². The van der Waals surface area contributed by atoms with Crippen LogP contribution in [0.4, 0.5) is 0 Å². The molecule has 2 aliphatic rings. The molecule has 1 aliphatic carbocycles. The lowest BCUT2D eigenvalue weighted by Gasteiger charge is -2.31. The molecule has 2 fully saturated rings. The van der Waals surface area contributed by atoms with E-state index in [1.807, 2.05) is 11.9 Å². The van der Waals surface area contributed by atoms with Crippen LogP contribution in [0.15, 0.2) is 0 Å². The molecule has 0 aromatic rings. The minimum Gasteiger partial charge on any atom is -0.346 e. The molecule has 1 heterocycles. The molecule has 2 atom stereocenters. The minimum atomic E-state index is 0. The molecule has 0 unspecified atom stereocenters. The Labute approximate surface area is 130 Å². The van der Waals surface area contributed by atoms with Crippen molar-refractivity contribution in [2.75, 3.05) is 20.1 Å². The number of hydrogen-bond donors (Lipinski definition) is 1. The van der Waals surface area contributed by atoms with E-state index >= 15 is 0 Å². The molecule has 1 N–H and O–H groups in total. The van der Waals surface area contributed by atoms with Crippen LogP contribution in [0.5, 0.6) is 0 Å². The van der Waals surface area contributed by atoms with Crippen molar-refractivity contribution in [3.8, 4) is 0 Å². The molecule has 2 rings (SSSR count). The van der Waals surface area contributed by atoms with E-state index in [9.17, 15) is 4.79 Å². The molecule has 0 aromatic heterocycles. The summed E-state index contributed by atoms with van der Waals surface area (Å²) in [7, 11) is 2.00. The quantitative estimate of drug-likeness (QED) is 0.865. The maximum atomic E-state index is 12.4. The normalized spacial score (nSPS) is 27.7. The summed E-state index contributed by atoms with van der Waals surface area (Å²) in [6.07, 6.45) is 10.2. The predicted molar refractivity (Wildman–Crippen MR) is 86.3 cm³/mol. The highest BCUT2D eigenvalue weighted by Crippen LogP contribution is 2.26. The Kier molecular flexibility index (Phi) is 7.90. The fourth-order valence-electron chi connectivity index (χ4n) is 3.63. The Hall–Kier alpha value is -0.280. The van der Waals surface area contributed by atoms with Crippen molar-refractivity contribution in [1.82, 2.24) is 10.2 Å². The van der Waals surface area contributed by atoms with Gasteiger partial charge in [-0.15, -0.1) is 12.4 Å². The zero-order valence-electron chi connectivity index (χ0n) is 13.1. The van der Waals surface area contributed by atoms with Crippen LogP contribution < -0.4 is 5.32 Å². The summed E-state index contributed by atoms with van der Waals surface area (Å²) in [5.74, 6) is 1.51. The van der Waals surface area contributed by atoms with Gasteiger partial charge in [0.15, 0.2) is 0 Å². The molecule has 118 valence electrons. The van der Waals surface area contributed by atoms with Gasteiger partial charge < -0.3 is 10.2 Å². The van der Waals surface area contributed by atoms with Crippen LogP contribution in [0, 0.1) is 11.8 Å². The number of nitrogens with one attached hydrogen (secondary N) is 1. The van der Waals surface area contributed by atoms with Crippen molar-refractivity contribution in [1.29, 1.82) is 0 Å². The fraction of sp³-hybridized carbons (Fsp3) is 0.938. The van der Waals surface area contributed by atoms with Gasteiger partial charge in [-0.1, -0.05) is 32.1 Å². The molecule has 1 saturated carbocycles. The molecule has 0 radical (unpaired) electrons. The smallest absolute Gasteiger partial charge is 0.225 e. The molecular weight excluding hydrogens is 272 g/mol. The van der Waals surface area contributed by atoms with Gasteiger partial charge in [-0.25, -0.2) is 0 Å². The van der Waals surface area contributed by atoms with Crippen LogP contribution >= 0.6 is 12.4 Å². The molecule has 1 aliphatic heterocycles. The summed E-state index contributed by atoms with van der Waals surface area (Å²) < 4.78 is 0. The summed E-state index contributed by atoms with van der Waals surface area (Å²) >= 11 is 0. The highest BCUT2D eigenvalue weighted by atomic mass is 35.5. The van der Waals surface area contributed by atoms with Crippen LogP contribution in [0.2, 0.25) is 0 Å². The molecule has 0 bridgehead atoms. The van der Waals surface area contributed by atoms with Crippen molar-refractivity contribution < 1.29 is 4.79 Å². The van der Waals surface area contributed by atoms with Gasteiger partial charge in [0.1, 0.15) is 0 Å². The van der Waals surface area contributed by atoms with Gasteiger partial charge in [0.05, 0.1) is 0 Å². The van der Waals surface area contributed by atoms with Crippen LogP contribution in [0.25, 0.3) is 0 Å². The van der Waals surface area contributed by atoms with Gasteiger partial charge in [0.25, 0.3) is 0 Å². The Morgan fingerprint density at radius 1 is 1.20 bits per heavy atom. The maximum Gasteiger partial charge on any atom is 0.225 e. The van der Waals surface area contributed by atoms with E-state index in [0.29, 0.717) is 11.9 Å². The molecule has 1 saturated heterocycles. The molecule has 0 aromatic carbocycles. The molecule has 3 nitrogen and oxygen atoms in total. The molecule has 20 heavy (non-hydrogen) atoms. The lowest BCUT2D eigenvalue weighted by molar-refractivity contribution is -0.135. The largest absolute Gasteiger partial charge is 0.346 e. The fourth-order valence-corrected chi connectivity index (χ4v) is 3.63. The molecule has 1 amide bonds. The maximum absolute atomic E-state index is 12.4. The van der Waals surface area contributed by atoms with E-state index in [4.69, 9.17) is 0 Å². The number of carbonyl (C=O) groups is 1. The molecular formula is C16H31ClN2O. The topological polar surface area (TPSA) is 32.3 Å². The van der Waals surface area contributed by atoms with Crippen molar-refractivity contribution in [2.45, 2.75) is 64.3 Å². The third-order valence-corrected chi connectivity index (χ3v) is 4.95. The van der Waals surface area contributed by atoms with E-state index in [1.165, 1.54) is 38.5 Å². The van der Waals surface area contributed by atoms with Crippen molar-refractivity contribution in [2.24, 2.45) is 11.8 Å². The standard InChI is InChI=1S/C16H30N2O.ClH/c1-13-12-15(8-10-17-13)16(19)18(2)11-9-14-6-4-3-5-7-14;/h13-15,17H,3-12H2,1-2H3;1H/t13-,15-;/m0./s1. The number of halogens is 1. The van der Waals surface area contributed by atoms with Crippen molar-refractivity contribution >= 4 is 18.3 Å². The first kappa shape index (κ1) is 17.8. The van der Waals surface area contributed by atoms with Gasteiger partial charge in [-0.3, -0.25) is 4.79 Å². The van der Waals surface area contributed by atoms with Gasteiger partial charge in [0.2, 0.25) is 5.91 Å². The number of rotatable bonds is 4. The first-order chi connectivity index (χ1) is 9.16. The highest BCUT2D eigenvalue weighted by molar-refractivity contribution is 5.85. The average molecular weight is 303 g/mol. The zero-order valence-corrected chi connectivity index (χ0v) is 13.9. The third kappa shape index (κ3) is 5.25. The van der Waals surface area contributed by atoms with Crippen LogP contribution in [-0.2, 0) is 4.79 Å². The van der Waals surface area contributed by atoms with Gasteiger partial charge in [-0.05, 0) is 38.6 Å². The number of hydrogen-bond acceptors (Lipinski definition) is 2.